The number of hydrogen-bond acceptors (Lipinski definition) is 3. The molecule has 0 saturated carbocycles. The molecule has 0 aliphatic heterocycles. The van der Waals surface area contributed by atoms with Gasteiger partial charge in [-0.3, -0.25) is 0 Å². The standard InChI is InChI=1S/C6H14ClNS2/c1-4-9-8(6(3)7)10-5-2/h6H,4-5H2,1-3H3. The highest BCUT2D eigenvalue weighted by atomic mass is 35.5. The van der Waals surface area contributed by atoms with Crippen molar-refractivity contribution in [3.8, 4) is 0 Å². The summed E-state index contributed by atoms with van der Waals surface area (Å²) in [5, 5.41) is 0. The van der Waals surface area contributed by atoms with E-state index in [1.165, 1.54) is 0 Å². The maximum absolute atomic E-state index is 5.89. The van der Waals surface area contributed by atoms with E-state index in [0.29, 0.717) is 0 Å². The van der Waals surface area contributed by atoms with Gasteiger partial charge in [0.05, 0.1) is 0 Å². The summed E-state index contributed by atoms with van der Waals surface area (Å²) < 4.78 is 2.13. The summed E-state index contributed by atoms with van der Waals surface area (Å²) in [4.78, 5) is 0. The maximum atomic E-state index is 5.89. The van der Waals surface area contributed by atoms with Gasteiger partial charge in [0.15, 0.2) is 0 Å². The van der Waals surface area contributed by atoms with Crippen molar-refractivity contribution in [2.75, 3.05) is 11.5 Å². The average Bonchev–Trinajstić information content (AvgIpc) is 1.87. The lowest BCUT2D eigenvalue weighted by molar-refractivity contribution is 0.721. The molecule has 62 valence electrons. The molecule has 0 rings (SSSR count). The quantitative estimate of drug-likeness (QED) is 0.380. The first kappa shape index (κ1) is 11.0. The third kappa shape index (κ3) is 4.72. The van der Waals surface area contributed by atoms with Gasteiger partial charge in [0, 0.05) is 11.5 Å². The summed E-state index contributed by atoms with van der Waals surface area (Å²) in [6, 6.07) is 0. The van der Waals surface area contributed by atoms with E-state index < -0.39 is 0 Å². The Labute approximate surface area is 77.1 Å². The van der Waals surface area contributed by atoms with Gasteiger partial charge in [-0.1, -0.05) is 37.7 Å². The van der Waals surface area contributed by atoms with Crippen molar-refractivity contribution in [3.63, 3.8) is 0 Å². The highest BCUT2D eigenvalue weighted by Gasteiger charge is 2.09. The van der Waals surface area contributed by atoms with Crippen LogP contribution in [0.5, 0.6) is 0 Å². The summed E-state index contributed by atoms with van der Waals surface area (Å²) in [7, 11) is 0. The molecule has 0 aromatic carbocycles. The normalized spacial score (nSPS) is 14.1. The zero-order valence-electron chi connectivity index (χ0n) is 6.63. The molecule has 0 aliphatic carbocycles. The lowest BCUT2D eigenvalue weighted by Crippen LogP contribution is -2.14. The van der Waals surface area contributed by atoms with Crippen LogP contribution >= 0.6 is 35.5 Å². The van der Waals surface area contributed by atoms with Gasteiger partial charge in [0.25, 0.3) is 0 Å². The molecular weight excluding hydrogens is 186 g/mol. The van der Waals surface area contributed by atoms with Gasteiger partial charge in [-0.25, -0.2) is 0 Å². The Hall–Kier alpha value is 0.950. The van der Waals surface area contributed by atoms with Gasteiger partial charge in [0.2, 0.25) is 0 Å². The Morgan fingerprint density at radius 3 is 1.90 bits per heavy atom. The smallest absolute Gasteiger partial charge is 0.102 e. The van der Waals surface area contributed by atoms with Crippen LogP contribution in [0.15, 0.2) is 0 Å². The van der Waals surface area contributed by atoms with Gasteiger partial charge in [-0.15, -0.1) is 11.6 Å². The van der Waals surface area contributed by atoms with E-state index >= 15 is 0 Å². The number of rotatable bonds is 5. The van der Waals surface area contributed by atoms with Crippen molar-refractivity contribution in [3.05, 3.63) is 0 Å². The van der Waals surface area contributed by atoms with Crippen LogP contribution in [0, 0.1) is 0 Å². The summed E-state index contributed by atoms with van der Waals surface area (Å²) in [5.74, 6) is 2.17. The first-order chi connectivity index (χ1) is 4.72. The molecule has 0 amide bonds. The zero-order chi connectivity index (χ0) is 7.98. The van der Waals surface area contributed by atoms with E-state index in [4.69, 9.17) is 11.6 Å². The molecule has 0 aliphatic rings. The van der Waals surface area contributed by atoms with Crippen LogP contribution in [-0.4, -0.2) is 20.7 Å². The Kier molecular flexibility index (Phi) is 7.28. The third-order valence-electron chi connectivity index (χ3n) is 0.803. The molecule has 0 radical (unpaired) electrons. The Bertz CT molecular complexity index is 74.1. The average molecular weight is 200 g/mol. The number of hydrogen-bond donors (Lipinski definition) is 0. The van der Waals surface area contributed by atoms with Crippen LogP contribution in [-0.2, 0) is 0 Å². The monoisotopic (exact) mass is 199 g/mol. The molecule has 1 atom stereocenters. The molecule has 0 heterocycles. The molecule has 0 fully saturated rings. The summed E-state index contributed by atoms with van der Waals surface area (Å²) in [6.45, 7) is 6.26. The van der Waals surface area contributed by atoms with E-state index in [2.05, 4.69) is 17.6 Å². The summed E-state index contributed by atoms with van der Waals surface area (Å²) >= 11 is 9.43. The Morgan fingerprint density at radius 1 is 1.30 bits per heavy atom. The number of halogens is 1. The van der Waals surface area contributed by atoms with Gasteiger partial charge in [-0.2, -0.15) is 3.71 Å². The minimum atomic E-state index is 0.120. The Balaban J connectivity index is 3.50. The molecular formula is C6H14ClNS2. The summed E-state index contributed by atoms with van der Waals surface area (Å²) in [5.41, 5.74) is 0.120. The van der Waals surface area contributed by atoms with Crippen molar-refractivity contribution in [1.29, 1.82) is 0 Å². The zero-order valence-corrected chi connectivity index (χ0v) is 9.02. The van der Waals surface area contributed by atoms with Crippen LogP contribution in [0.2, 0.25) is 0 Å². The van der Waals surface area contributed by atoms with Gasteiger partial charge >= 0.3 is 0 Å². The first-order valence-electron chi connectivity index (χ1n) is 3.41. The van der Waals surface area contributed by atoms with Gasteiger partial charge in [0.1, 0.15) is 5.50 Å². The van der Waals surface area contributed by atoms with Crippen molar-refractivity contribution >= 4 is 35.5 Å². The fraction of sp³-hybridized carbons (Fsp3) is 1.00. The van der Waals surface area contributed by atoms with Gasteiger partial charge in [-0.05, 0) is 6.92 Å². The van der Waals surface area contributed by atoms with Crippen LogP contribution < -0.4 is 0 Å². The third-order valence-corrected chi connectivity index (χ3v) is 3.52. The fourth-order valence-corrected chi connectivity index (χ4v) is 2.69. The molecule has 0 spiro atoms. The second kappa shape index (κ2) is 6.65. The SMILES string of the molecule is CCSN(SCC)C(C)Cl. The van der Waals surface area contributed by atoms with E-state index in [1.807, 2.05) is 6.92 Å². The Morgan fingerprint density at radius 2 is 1.70 bits per heavy atom. The van der Waals surface area contributed by atoms with Gasteiger partial charge < -0.3 is 0 Å². The predicted octanol–water partition coefficient (Wildman–Crippen LogP) is 3.21. The predicted molar refractivity (Wildman–Crippen MR) is 53.4 cm³/mol. The molecule has 0 aromatic rings. The van der Waals surface area contributed by atoms with E-state index in [1.54, 1.807) is 23.9 Å². The number of nitrogens with zero attached hydrogens (tertiary/aromatic N) is 1. The largest absolute Gasteiger partial charge is 0.177 e. The van der Waals surface area contributed by atoms with Crippen LogP contribution in [0.4, 0.5) is 0 Å². The molecule has 1 unspecified atom stereocenters. The minimum absolute atomic E-state index is 0.120. The molecule has 0 bridgehead atoms. The highest BCUT2D eigenvalue weighted by Crippen LogP contribution is 2.26. The number of alkyl halides is 1. The first-order valence-corrected chi connectivity index (χ1v) is 5.73. The lowest BCUT2D eigenvalue weighted by atomic mass is 10.8. The molecule has 1 nitrogen and oxygen atoms in total. The second-order valence-electron chi connectivity index (χ2n) is 1.69. The van der Waals surface area contributed by atoms with Crippen molar-refractivity contribution in [2.45, 2.75) is 26.3 Å². The van der Waals surface area contributed by atoms with E-state index in [0.717, 1.165) is 11.5 Å². The van der Waals surface area contributed by atoms with Crippen LogP contribution in [0.25, 0.3) is 0 Å². The minimum Gasteiger partial charge on any atom is -0.177 e. The van der Waals surface area contributed by atoms with Crippen molar-refractivity contribution in [2.24, 2.45) is 0 Å². The maximum Gasteiger partial charge on any atom is 0.102 e. The summed E-state index contributed by atoms with van der Waals surface area (Å²) in [6.07, 6.45) is 0. The lowest BCUT2D eigenvalue weighted by Gasteiger charge is -2.20. The molecule has 10 heavy (non-hydrogen) atoms. The van der Waals surface area contributed by atoms with Crippen LogP contribution in [0.3, 0.4) is 0 Å². The van der Waals surface area contributed by atoms with Crippen molar-refractivity contribution in [1.82, 2.24) is 3.71 Å². The molecule has 0 N–H and O–H groups in total. The fourth-order valence-electron chi connectivity index (χ4n) is 0.497. The molecule has 0 aromatic heterocycles. The van der Waals surface area contributed by atoms with Crippen LogP contribution in [0.1, 0.15) is 20.8 Å². The van der Waals surface area contributed by atoms with Crippen molar-refractivity contribution < 1.29 is 0 Å². The topological polar surface area (TPSA) is 3.24 Å². The second-order valence-corrected chi connectivity index (χ2v) is 5.02. The van der Waals surface area contributed by atoms with E-state index in [-0.39, 0.29) is 5.50 Å². The highest BCUT2D eigenvalue weighted by molar-refractivity contribution is 8.12. The van der Waals surface area contributed by atoms with E-state index in [9.17, 15) is 0 Å². The molecule has 0 saturated heterocycles. The molecule has 4 heteroatoms.